The van der Waals surface area contributed by atoms with Crippen LogP contribution >= 0.6 is 0 Å². The topological polar surface area (TPSA) is 155 Å². The van der Waals surface area contributed by atoms with E-state index in [4.69, 9.17) is 10.5 Å². The molecule has 1 fully saturated rings. The van der Waals surface area contributed by atoms with Crippen LogP contribution in [0.2, 0.25) is 0 Å². The summed E-state index contributed by atoms with van der Waals surface area (Å²) in [6, 6.07) is 9.96. The number of rotatable bonds is 5. The molecule has 0 radical (unpaired) electrons. The van der Waals surface area contributed by atoms with Gasteiger partial charge in [-0.05, 0) is 24.3 Å². The Labute approximate surface area is 171 Å². The van der Waals surface area contributed by atoms with Crippen molar-refractivity contribution in [3.63, 3.8) is 0 Å². The van der Waals surface area contributed by atoms with Crippen LogP contribution in [0.5, 0.6) is 0 Å². The Morgan fingerprint density at radius 2 is 1.97 bits per heavy atom. The van der Waals surface area contributed by atoms with Crippen molar-refractivity contribution in [3.05, 3.63) is 42.0 Å². The molecule has 5 N–H and O–H groups in total. The molecule has 10 heteroatoms. The Morgan fingerprint density at radius 1 is 1.17 bits per heavy atom. The first-order valence-electron chi connectivity index (χ1n) is 9.33. The molecule has 156 valence electrons. The summed E-state index contributed by atoms with van der Waals surface area (Å²) in [5.41, 5.74) is 6.74. The van der Waals surface area contributed by atoms with Crippen molar-refractivity contribution in [1.29, 1.82) is 0 Å². The van der Waals surface area contributed by atoms with Crippen molar-refractivity contribution in [2.45, 2.75) is 5.60 Å². The zero-order valence-electron chi connectivity index (χ0n) is 16.0. The molecule has 0 bridgehead atoms. The highest BCUT2D eigenvalue weighted by molar-refractivity contribution is 5.90. The standard InChI is InChI=1S/C20H21N5O5/c21-16-14-4-5-15(12-2-1-3-13(8-12)18(28)29)22-17(14)24-19(23-16)25-6-7-30-20(9-25,10-26)11-27/h1-5,8,26-27H,6-7,9-11H2,(H,28,29)(H2,21,22,23,24). The third-order valence-electron chi connectivity index (χ3n) is 5.09. The fourth-order valence-corrected chi connectivity index (χ4v) is 3.39. The Morgan fingerprint density at radius 3 is 2.70 bits per heavy atom. The number of ether oxygens (including phenoxy) is 1. The second kappa shape index (κ2) is 7.82. The minimum atomic E-state index is -1.10. The number of carboxylic acids is 1. The molecular weight excluding hydrogens is 390 g/mol. The number of hydrogen-bond acceptors (Lipinski definition) is 9. The number of aliphatic hydroxyl groups excluding tert-OH is 2. The number of hydrogen-bond donors (Lipinski definition) is 4. The number of nitrogen functional groups attached to an aromatic ring is 1. The Kier molecular flexibility index (Phi) is 5.20. The summed E-state index contributed by atoms with van der Waals surface area (Å²) in [7, 11) is 0. The number of pyridine rings is 1. The number of carboxylic acid groups (broad SMARTS) is 1. The Bertz CT molecular complexity index is 1100. The molecule has 3 heterocycles. The smallest absolute Gasteiger partial charge is 0.335 e. The van der Waals surface area contributed by atoms with Gasteiger partial charge in [0.15, 0.2) is 5.65 Å². The van der Waals surface area contributed by atoms with Crippen molar-refractivity contribution >= 4 is 28.8 Å². The first kappa shape index (κ1) is 20.0. The maximum absolute atomic E-state index is 11.3. The molecule has 2 aromatic heterocycles. The van der Waals surface area contributed by atoms with Gasteiger partial charge in [-0.1, -0.05) is 12.1 Å². The van der Waals surface area contributed by atoms with Crippen molar-refractivity contribution in [3.8, 4) is 11.3 Å². The predicted octanol–water partition coefficient (Wildman–Crippen LogP) is 0.532. The van der Waals surface area contributed by atoms with E-state index in [9.17, 15) is 20.1 Å². The number of aromatic nitrogens is 3. The normalized spacial score (nSPS) is 16.0. The largest absolute Gasteiger partial charge is 0.478 e. The molecule has 1 aliphatic rings. The fourth-order valence-electron chi connectivity index (χ4n) is 3.39. The summed E-state index contributed by atoms with van der Waals surface area (Å²) in [5, 5.41) is 29.0. The van der Waals surface area contributed by atoms with Crippen LogP contribution in [0.25, 0.3) is 22.3 Å². The molecular formula is C20H21N5O5. The van der Waals surface area contributed by atoms with Crippen LogP contribution in [0.1, 0.15) is 10.4 Å². The number of carbonyl (C=O) groups is 1. The molecule has 30 heavy (non-hydrogen) atoms. The van der Waals surface area contributed by atoms with E-state index in [1.807, 2.05) is 0 Å². The highest BCUT2D eigenvalue weighted by Crippen LogP contribution is 2.27. The predicted molar refractivity (Wildman–Crippen MR) is 109 cm³/mol. The van der Waals surface area contributed by atoms with Gasteiger partial charge in [0.05, 0.1) is 43.0 Å². The number of nitrogens with two attached hydrogens (primary N) is 1. The van der Waals surface area contributed by atoms with E-state index in [1.165, 1.54) is 6.07 Å². The van der Waals surface area contributed by atoms with E-state index in [-0.39, 0.29) is 37.7 Å². The van der Waals surface area contributed by atoms with Gasteiger partial charge in [-0.3, -0.25) is 0 Å². The molecule has 1 aromatic carbocycles. The van der Waals surface area contributed by atoms with Gasteiger partial charge in [-0.15, -0.1) is 0 Å². The molecule has 0 saturated carbocycles. The van der Waals surface area contributed by atoms with Gasteiger partial charge in [0.1, 0.15) is 11.4 Å². The summed E-state index contributed by atoms with van der Waals surface area (Å²) in [6.45, 7) is 0.271. The molecule has 0 aliphatic carbocycles. The van der Waals surface area contributed by atoms with Crippen molar-refractivity contribution in [1.82, 2.24) is 15.0 Å². The second-order valence-electron chi connectivity index (χ2n) is 7.13. The van der Waals surface area contributed by atoms with Gasteiger partial charge in [-0.2, -0.15) is 9.97 Å². The number of morpholine rings is 1. The van der Waals surface area contributed by atoms with Gasteiger partial charge in [0.25, 0.3) is 0 Å². The minimum absolute atomic E-state index is 0.162. The van der Waals surface area contributed by atoms with Gasteiger partial charge in [0, 0.05) is 12.1 Å². The van der Waals surface area contributed by atoms with E-state index in [1.54, 1.807) is 35.2 Å². The maximum Gasteiger partial charge on any atom is 0.335 e. The number of aromatic carboxylic acids is 1. The zero-order chi connectivity index (χ0) is 21.3. The summed E-state index contributed by atoms with van der Waals surface area (Å²) in [4.78, 5) is 26.5. The van der Waals surface area contributed by atoms with Crippen molar-refractivity contribution < 1.29 is 24.9 Å². The maximum atomic E-state index is 11.3. The SMILES string of the molecule is Nc1nc(N2CCOC(CO)(CO)C2)nc2nc(-c3cccc(C(=O)O)c3)ccc12. The van der Waals surface area contributed by atoms with Crippen molar-refractivity contribution in [2.24, 2.45) is 0 Å². The fraction of sp³-hybridized carbons (Fsp3) is 0.300. The highest BCUT2D eigenvalue weighted by Gasteiger charge is 2.37. The number of fused-ring (bicyclic) bond motifs is 1. The molecule has 1 aliphatic heterocycles. The molecule has 0 amide bonds. The molecule has 1 saturated heterocycles. The van der Waals surface area contributed by atoms with E-state index in [0.29, 0.717) is 34.8 Å². The summed E-state index contributed by atoms with van der Waals surface area (Å²) in [5.74, 6) is -0.452. The number of benzene rings is 1. The molecule has 0 spiro atoms. The Hall–Kier alpha value is -3.34. The summed E-state index contributed by atoms with van der Waals surface area (Å²) < 4.78 is 5.55. The van der Waals surface area contributed by atoms with Crippen LogP contribution in [0, 0.1) is 0 Å². The lowest BCUT2D eigenvalue weighted by Gasteiger charge is -2.40. The summed E-state index contributed by atoms with van der Waals surface area (Å²) >= 11 is 0. The van der Waals surface area contributed by atoms with Gasteiger partial charge < -0.3 is 30.7 Å². The lowest BCUT2D eigenvalue weighted by Crippen LogP contribution is -2.56. The van der Waals surface area contributed by atoms with Gasteiger partial charge >= 0.3 is 5.97 Å². The number of nitrogens with zero attached hydrogens (tertiary/aromatic N) is 4. The third kappa shape index (κ3) is 3.63. The van der Waals surface area contributed by atoms with Crippen LogP contribution in [-0.2, 0) is 4.74 Å². The first-order valence-corrected chi connectivity index (χ1v) is 9.33. The number of anilines is 2. The van der Waals surface area contributed by atoms with E-state index in [2.05, 4.69) is 15.0 Å². The van der Waals surface area contributed by atoms with E-state index >= 15 is 0 Å². The van der Waals surface area contributed by atoms with Crippen LogP contribution in [0.4, 0.5) is 11.8 Å². The average Bonchev–Trinajstić information content (AvgIpc) is 2.78. The van der Waals surface area contributed by atoms with Gasteiger partial charge in [-0.25, -0.2) is 9.78 Å². The van der Waals surface area contributed by atoms with Crippen LogP contribution in [0.15, 0.2) is 36.4 Å². The zero-order valence-corrected chi connectivity index (χ0v) is 16.0. The highest BCUT2D eigenvalue weighted by atomic mass is 16.5. The second-order valence-corrected chi connectivity index (χ2v) is 7.13. The quantitative estimate of drug-likeness (QED) is 0.467. The van der Waals surface area contributed by atoms with Crippen LogP contribution in [-0.4, -0.2) is 74.8 Å². The molecule has 3 aromatic rings. The third-order valence-corrected chi connectivity index (χ3v) is 5.09. The molecule has 0 unspecified atom stereocenters. The van der Waals surface area contributed by atoms with E-state index in [0.717, 1.165) is 0 Å². The van der Waals surface area contributed by atoms with E-state index < -0.39 is 11.6 Å². The van der Waals surface area contributed by atoms with Crippen molar-refractivity contribution in [2.75, 3.05) is 43.5 Å². The Balaban J connectivity index is 1.74. The lowest BCUT2D eigenvalue weighted by atomic mass is 10.0. The minimum Gasteiger partial charge on any atom is -0.478 e. The molecule has 0 atom stereocenters. The van der Waals surface area contributed by atoms with Gasteiger partial charge in [0.2, 0.25) is 5.95 Å². The average molecular weight is 411 g/mol. The summed E-state index contributed by atoms with van der Waals surface area (Å²) in [6.07, 6.45) is 0. The van der Waals surface area contributed by atoms with Crippen LogP contribution in [0.3, 0.4) is 0 Å². The van der Waals surface area contributed by atoms with Crippen LogP contribution < -0.4 is 10.6 Å². The number of aliphatic hydroxyl groups is 2. The monoisotopic (exact) mass is 411 g/mol. The lowest BCUT2D eigenvalue weighted by molar-refractivity contribution is -0.114. The first-order chi connectivity index (χ1) is 14.4. The molecule has 10 nitrogen and oxygen atoms in total. The molecule has 4 rings (SSSR count).